The van der Waals surface area contributed by atoms with Crippen molar-refractivity contribution in [2.75, 3.05) is 0 Å². The fraction of sp³-hybridized carbons (Fsp3) is 0.125. The molecule has 1 aromatic carbocycles. The van der Waals surface area contributed by atoms with Crippen molar-refractivity contribution >= 4 is 12.6 Å². The maximum atomic E-state index is 13.0. The molecule has 0 amide bonds. The van der Waals surface area contributed by atoms with E-state index in [9.17, 15) is 4.39 Å². The van der Waals surface area contributed by atoms with E-state index in [-0.39, 0.29) is 10.5 Å². The minimum Gasteiger partial charge on any atom is -0.205 e. The van der Waals surface area contributed by atoms with Crippen molar-refractivity contribution in [2.45, 2.75) is 11.8 Å². The lowest BCUT2D eigenvalue weighted by Crippen LogP contribution is -1.87. The first kappa shape index (κ1) is 8.09. The van der Waals surface area contributed by atoms with Gasteiger partial charge in [-0.25, -0.2) is 4.39 Å². The second kappa shape index (κ2) is 2.93. The number of hydrogen-bond donors (Lipinski definition) is 1. The van der Waals surface area contributed by atoms with Crippen molar-refractivity contribution in [1.82, 2.24) is 0 Å². The van der Waals surface area contributed by atoms with Gasteiger partial charge in [-0.05, 0) is 18.6 Å². The van der Waals surface area contributed by atoms with Crippen molar-refractivity contribution in [3.63, 3.8) is 0 Å². The van der Waals surface area contributed by atoms with Gasteiger partial charge >= 0.3 is 0 Å². The Morgan fingerprint density at radius 1 is 1.55 bits per heavy atom. The van der Waals surface area contributed by atoms with Gasteiger partial charge in [0.2, 0.25) is 0 Å². The zero-order valence-electron chi connectivity index (χ0n) is 5.93. The first-order valence-electron chi connectivity index (χ1n) is 3.05. The molecule has 1 aromatic rings. The summed E-state index contributed by atoms with van der Waals surface area (Å²) >= 11 is 3.86. The lowest BCUT2D eigenvalue weighted by atomic mass is 10.1. The molecule has 0 atom stereocenters. The fourth-order valence-corrected chi connectivity index (χ4v) is 1.06. The van der Waals surface area contributed by atoms with Crippen LogP contribution in [0.5, 0.6) is 0 Å². The lowest BCUT2D eigenvalue weighted by molar-refractivity contribution is 0.592. The maximum absolute atomic E-state index is 13.0. The summed E-state index contributed by atoms with van der Waals surface area (Å²) in [6, 6.07) is 4.97. The van der Waals surface area contributed by atoms with E-state index in [4.69, 9.17) is 5.26 Å². The SMILES string of the molecule is Cc1ccc(C#N)c(S)c1F. The van der Waals surface area contributed by atoms with Gasteiger partial charge in [-0.2, -0.15) is 5.26 Å². The standard InChI is InChI=1S/C8H6FNS/c1-5-2-3-6(4-10)8(11)7(5)9/h2-3,11H,1H3. The van der Waals surface area contributed by atoms with E-state index < -0.39 is 5.82 Å². The van der Waals surface area contributed by atoms with E-state index in [2.05, 4.69) is 12.6 Å². The van der Waals surface area contributed by atoms with Gasteiger partial charge in [-0.3, -0.25) is 0 Å². The van der Waals surface area contributed by atoms with Crippen LogP contribution in [-0.4, -0.2) is 0 Å². The molecule has 0 aliphatic rings. The molecule has 0 radical (unpaired) electrons. The molecule has 0 saturated carbocycles. The molecule has 1 nitrogen and oxygen atoms in total. The van der Waals surface area contributed by atoms with Gasteiger partial charge in [-0.15, -0.1) is 12.6 Å². The van der Waals surface area contributed by atoms with Crippen molar-refractivity contribution < 1.29 is 4.39 Å². The molecule has 0 aliphatic heterocycles. The van der Waals surface area contributed by atoms with Crippen LogP contribution in [0, 0.1) is 24.1 Å². The number of hydrogen-bond acceptors (Lipinski definition) is 2. The highest BCUT2D eigenvalue weighted by molar-refractivity contribution is 7.80. The molecule has 0 unspecified atom stereocenters. The van der Waals surface area contributed by atoms with Crippen LogP contribution in [0.2, 0.25) is 0 Å². The maximum Gasteiger partial charge on any atom is 0.140 e. The molecule has 1 rings (SSSR count). The smallest absolute Gasteiger partial charge is 0.140 e. The Kier molecular flexibility index (Phi) is 2.16. The predicted molar refractivity (Wildman–Crippen MR) is 43.1 cm³/mol. The summed E-state index contributed by atoms with van der Waals surface area (Å²) in [5, 5.41) is 8.47. The molecule has 0 N–H and O–H groups in total. The molecule has 0 bridgehead atoms. The molecule has 0 aliphatic carbocycles. The van der Waals surface area contributed by atoms with Crippen LogP contribution >= 0.6 is 12.6 Å². The molecule has 0 aromatic heterocycles. The first-order valence-corrected chi connectivity index (χ1v) is 3.49. The number of nitrogens with zero attached hydrogens (tertiary/aromatic N) is 1. The lowest BCUT2D eigenvalue weighted by Gasteiger charge is -1.99. The highest BCUT2D eigenvalue weighted by atomic mass is 32.1. The third-order valence-electron chi connectivity index (χ3n) is 1.43. The average Bonchev–Trinajstić information content (AvgIpc) is 2.01. The van der Waals surface area contributed by atoms with Crippen LogP contribution in [0.1, 0.15) is 11.1 Å². The van der Waals surface area contributed by atoms with Gasteiger partial charge in [0, 0.05) is 0 Å². The zero-order valence-corrected chi connectivity index (χ0v) is 6.82. The van der Waals surface area contributed by atoms with Crippen LogP contribution in [-0.2, 0) is 0 Å². The van der Waals surface area contributed by atoms with E-state index >= 15 is 0 Å². The molecule has 0 saturated heterocycles. The van der Waals surface area contributed by atoms with Crippen molar-refractivity contribution in [3.05, 3.63) is 29.1 Å². The van der Waals surface area contributed by atoms with Gasteiger partial charge in [-0.1, -0.05) is 6.07 Å². The van der Waals surface area contributed by atoms with E-state index in [0.717, 1.165) is 0 Å². The summed E-state index contributed by atoms with van der Waals surface area (Å²) in [6.07, 6.45) is 0. The van der Waals surface area contributed by atoms with E-state index in [1.165, 1.54) is 0 Å². The monoisotopic (exact) mass is 167 g/mol. The van der Waals surface area contributed by atoms with Gasteiger partial charge in [0.05, 0.1) is 10.5 Å². The van der Waals surface area contributed by atoms with E-state index in [1.54, 1.807) is 19.1 Å². The molecule has 3 heteroatoms. The van der Waals surface area contributed by atoms with E-state index in [1.807, 2.05) is 6.07 Å². The summed E-state index contributed by atoms with van der Waals surface area (Å²) in [5.41, 5.74) is 0.783. The van der Waals surface area contributed by atoms with Crippen molar-refractivity contribution in [3.8, 4) is 6.07 Å². The van der Waals surface area contributed by atoms with Crippen molar-refractivity contribution in [1.29, 1.82) is 5.26 Å². The van der Waals surface area contributed by atoms with E-state index in [0.29, 0.717) is 5.56 Å². The summed E-state index contributed by atoms with van der Waals surface area (Å²) in [7, 11) is 0. The summed E-state index contributed by atoms with van der Waals surface area (Å²) in [5.74, 6) is -0.410. The largest absolute Gasteiger partial charge is 0.205 e. The van der Waals surface area contributed by atoms with Crippen molar-refractivity contribution in [2.24, 2.45) is 0 Å². The topological polar surface area (TPSA) is 23.8 Å². The number of halogens is 1. The third-order valence-corrected chi connectivity index (χ3v) is 1.87. The Morgan fingerprint density at radius 2 is 2.18 bits per heavy atom. The Balaban J connectivity index is 3.40. The summed E-state index contributed by atoms with van der Waals surface area (Å²) in [6.45, 7) is 1.64. The van der Waals surface area contributed by atoms with Gasteiger partial charge in [0.1, 0.15) is 11.9 Å². The van der Waals surface area contributed by atoms with Crippen LogP contribution < -0.4 is 0 Å². The Bertz CT molecular complexity index is 328. The van der Waals surface area contributed by atoms with Gasteiger partial charge in [0.25, 0.3) is 0 Å². The molecular weight excluding hydrogens is 161 g/mol. The molecule has 0 fully saturated rings. The predicted octanol–water partition coefficient (Wildman–Crippen LogP) is 2.29. The first-order chi connectivity index (χ1) is 5.16. The Labute approximate surface area is 69.9 Å². The Morgan fingerprint density at radius 3 is 2.73 bits per heavy atom. The number of rotatable bonds is 0. The number of aryl methyl sites for hydroxylation is 1. The number of thiol groups is 1. The fourth-order valence-electron chi connectivity index (χ4n) is 0.756. The van der Waals surface area contributed by atoms with Crippen LogP contribution in [0.4, 0.5) is 4.39 Å². The number of benzene rings is 1. The second-order valence-electron chi connectivity index (χ2n) is 2.20. The van der Waals surface area contributed by atoms with Gasteiger partial charge in [0.15, 0.2) is 0 Å². The van der Waals surface area contributed by atoms with Gasteiger partial charge < -0.3 is 0 Å². The normalized spacial score (nSPS) is 9.27. The summed E-state index contributed by atoms with van der Waals surface area (Å²) < 4.78 is 13.0. The molecule has 56 valence electrons. The summed E-state index contributed by atoms with van der Waals surface area (Å²) in [4.78, 5) is 0.132. The zero-order chi connectivity index (χ0) is 8.43. The van der Waals surface area contributed by atoms with Crippen LogP contribution in [0.3, 0.4) is 0 Å². The molecule has 0 spiro atoms. The minimum atomic E-state index is -0.410. The third kappa shape index (κ3) is 1.36. The average molecular weight is 167 g/mol. The molecular formula is C8H6FNS. The quantitative estimate of drug-likeness (QED) is 0.589. The minimum absolute atomic E-state index is 0.132. The Hall–Kier alpha value is -1.01. The molecule has 0 heterocycles. The van der Waals surface area contributed by atoms with Crippen LogP contribution in [0.25, 0.3) is 0 Å². The highest BCUT2D eigenvalue weighted by Gasteiger charge is 2.05. The highest BCUT2D eigenvalue weighted by Crippen LogP contribution is 2.19. The van der Waals surface area contributed by atoms with Crippen LogP contribution in [0.15, 0.2) is 17.0 Å². The number of nitriles is 1. The second-order valence-corrected chi connectivity index (χ2v) is 2.65. The molecule has 11 heavy (non-hydrogen) atoms.